The summed E-state index contributed by atoms with van der Waals surface area (Å²) in [5, 5.41) is 11.2. The number of hydrogen-bond acceptors (Lipinski definition) is 2. The Balaban J connectivity index is 1.63. The lowest BCUT2D eigenvalue weighted by Gasteiger charge is -2.60. The SMILES string of the molecule is C=C[C@H]1C(C[N+](=O)[O-])C[C@H]2[C@@H]3CCC4CCCC[C@]4(C)[C@H]3CC[C@]12C. The van der Waals surface area contributed by atoms with Crippen LogP contribution in [0.15, 0.2) is 12.7 Å². The maximum Gasteiger partial charge on any atom is 0.207 e. The van der Waals surface area contributed by atoms with E-state index in [0.717, 1.165) is 24.2 Å². The van der Waals surface area contributed by atoms with E-state index in [1.54, 1.807) is 0 Å². The van der Waals surface area contributed by atoms with E-state index >= 15 is 0 Å². The molecule has 4 aliphatic carbocycles. The van der Waals surface area contributed by atoms with Gasteiger partial charge in [0.15, 0.2) is 0 Å². The second-order valence-corrected chi connectivity index (χ2v) is 10.2. The minimum atomic E-state index is -0.0846. The van der Waals surface area contributed by atoms with Crippen molar-refractivity contribution in [1.82, 2.24) is 0 Å². The Morgan fingerprint density at radius 2 is 1.88 bits per heavy atom. The predicted octanol–water partition coefficient (Wildman–Crippen LogP) is 5.72. The van der Waals surface area contributed by atoms with Crippen LogP contribution >= 0.6 is 0 Å². The second-order valence-electron chi connectivity index (χ2n) is 10.2. The summed E-state index contributed by atoms with van der Waals surface area (Å²) in [6, 6.07) is 0. The van der Waals surface area contributed by atoms with Crippen molar-refractivity contribution in [3.05, 3.63) is 22.8 Å². The van der Waals surface area contributed by atoms with Gasteiger partial charge in [0.1, 0.15) is 0 Å². The molecule has 0 N–H and O–H groups in total. The van der Waals surface area contributed by atoms with Crippen molar-refractivity contribution in [3.63, 3.8) is 0 Å². The number of fused-ring (bicyclic) bond motifs is 5. The van der Waals surface area contributed by atoms with Crippen LogP contribution in [0.1, 0.15) is 71.6 Å². The zero-order valence-electron chi connectivity index (χ0n) is 16.1. The van der Waals surface area contributed by atoms with Crippen molar-refractivity contribution in [2.45, 2.75) is 71.6 Å². The Morgan fingerprint density at radius 3 is 2.60 bits per heavy atom. The summed E-state index contributed by atoms with van der Waals surface area (Å²) < 4.78 is 0. The van der Waals surface area contributed by atoms with E-state index in [0.29, 0.717) is 17.3 Å². The second kappa shape index (κ2) is 6.09. The molecule has 3 heteroatoms. The van der Waals surface area contributed by atoms with E-state index in [2.05, 4.69) is 26.5 Å². The van der Waals surface area contributed by atoms with Crippen LogP contribution in [-0.4, -0.2) is 11.5 Å². The molecule has 2 unspecified atom stereocenters. The molecule has 0 aromatic heterocycles. The first-order valence-corrected chi connectivity index (χ1v) is 10.6. The molecule has 4 aliphatic rings. The summed E-state index contributed by atoms with van der Waals surface area (Å²) >= 11 is 0. The molecule has 140 valence electrons. The molecule has 0 spiro atoms. The number of hydrogen-bond donors (Lipinski definition) is 0. The van der Waals surface area contributed by atoms with Gasteiger partial charge in [-0.1, -0.05) is 32.8 Å². The van der Waals surface area contributed by atoms with Crippen molar-refractivity contribution < 1.29 is 4.92 Å². The molecule has 0 bridgehead atoms. The van der Waals surface area contributed by atoms with E-state index in [4.69, 9.17) is 0 Å². The molecule has 8 atom stereocenters. The molecular formula is C22H35NO2. The van der Waals surface area contributed by atoms with Gasteiger partial charge in [-0.15, -0.1) is 6.58 Å². The van der Waals surface area contributed by atoms with Crippen LogP contribution in [0.25, 0.3) is 0 Å². The summed E-state index contributed by atoms with van der Waals surface area (Å²) in [5.41, 5.74) is 0.800. The first-order chi connectivity index (χ1) is 11.9. The van der Waals surface area contributed by atoms with E-state index in [1.807, 2.05) is 0 Å². The molecule has 4 fully saturated rings. The molecule has 3 nitrogen and oxygen atoms in total. The largest absolute Gasteiger partial charge is 0.265 e. The van der Waals surface area contributed by atoms with Crippen molar-refractivity contribution in [2.24, 2.45) is 46.3 Å². The average Bonchev–Trinajstić information content (AvgIpc) is 2.84. The van der Waals surface area contributed by atoms with Gasteiger partial charge in [0, 0.05) is 10.8 Å². The first-order valence-electron chi connectivity index (χ1n) is 10.6. The summed E-state index contributed by atoms with van der Waals surface area (Å²) in [6.07, 6.45) is 14.2. The van der Waals surface area contributed by atoms with Crippen LogP contribution in [0, 0.1) is 56.5 Å². The topological polar surface area (TPSA) is 43.1 Å². The number of allylic oxidation sites excluding steroid dienone is 1. The summed E-state index contributed by atoms with van der Waals surface area (Å²) in [6.45, 7) is 9.28. The molecule has 0 heterocycles. The highest BCUT2D eigenvalue weighted by molar-refractivity contribution is 5.13. The van der Waals surface area contributed by atoms with Gasteiger partial charge in [0.2, 0.25) is 6.54 Å². The van der Waals surface area contributed by atoms with Crippen molar-refractivity contribution in [1.29, 1.82) is 0 Å². The molecule has 0 aromatic rings. The van der Waals surface area contributed by atoms with Gasteiger partial charge in [0.05, 0.1) is 0 Å². The minimum absolute atomic E-state index is 0.0846. The quantitative estimate of drug-likeness (QED) is 0.373. The van der Waals surface area contributed by atoms with Crippen molar-refractivity contribution >= 4 is 0 Å². The van der Waals surface area contributed by atoms with Crippen LogP contribution in [0.3, 0.4) is 0 Å². The van der Waals surface area contributed by atoms with Crippen molar-refractivity contribution in [2.75, 3.05) is 6.54 Å². The van der Waals surface area contributed by atoms with Crippen LogP contribution in [0.5, 0.6) is 0 Å². The number of rotatable bonds is 3. The maximum atomic E-state index is 11.2. The van der Waals surface area contributed by atoms with E-state index in [-0.39, 0.29) is 22.8 Å². The lowest BCUT2D eigenvalue weighted by atomic mass is 9.45. The highest BCUT2D eigenvalue weighted by atomic mass is 16.6. The smallest absolute Gasteiger partial charge is 0.207 e. The molecule has 0 radical (unpaired) electrons. The zero-order valence-corrected chi connectivity index (χ0v) is 16.1. The molecule has 0 saturated heterocycles. The third-order valence-corrected chi connectivity index (χ3v) is 9.48. The van der Waals surface area contributed by atoms with Crippen LogP contribution in [-0.2, 0) is 0 Å². The fourth-order valence-electron chi connectivity index (χ4n) is 8.35. The molecule has 4 saturated carbocycles. The van der Waals surface area contributed by atoms with Crippen LogP contribution in [0.4, 0.5) is 0 Å². The molecule has 0 aliphatic heterocycles. The summed E-state index contributed by atoms with van der Waals surface area (Å²) in [4.78, 5) is 11.1. The van der Waals surface area contributed by atoms with Gasteiger partial charge in [-0.3, -0.25) is 10.1 Å². The molecule has 0 amide bonds. The third-order valence-electron chi connectivity index (χ3n) is 9.48. The van der Waals surface area contributed by atoms with Crippen LogP contribution in [0.2, 0.25) is 0 Å². The minimum Gasteiger partial charge on any atom is -0.265 e. The van der Waals surface area contributed by atoms with Crippen LogP contribution < -0.4 is 0 Å². The monoisotopic (exact) mass is 345 g/mol. The highest BCUT2D eigenvalue weighted by Gasteiger charge is 2.61. The van der Waals surface area contributed by atoms with Gasteiger partial charge in [0.25, 0.3) is 0 Å². The molecular weight excluding hydrogens is 310 g/mol. The Kier molecular flexibility index (Phi) is 4.28. The van der Waals surface area contributed by atoms with Gasteiger partial charge in [-0.05, 0) is 85.4 Å². The van der Waals surface area contributed by atoms with E-state index < -0.39 is 0 Å². The average molecular weight is 346 g/mol. The van der Waals surface area contributed by atoms with Gasteiger partial charge in [-0.2, -0.15) is 0 Å². The van der Waals surface area contributed by atoms with Crippen molar-refractivity contribution in [3.8, 4) is 0 Å². The molecule has 4 rings (SSSR count). The number of nitro groups is 1. The van der Waals surface area contributed by atoms with Gasteiger partial charge >= 0.3 is 0 Å². The lowest BCUT2D eigenvalue weighted by molar-refractivity contribution is -0.489. The molecule has 0 aromatic carbocycles. The first kappa shape index (κ1) is 17.5. The standard InChI is InChI=1S/C22H35NO2/c1-4-18-15(14-23(24)25)13-20-17-9-8-16-7-5-6-11-21(16,2)19(17)10-12-22(18,20)3/h4,15-20H,1,5-14H2,2-3H3/t15?,16?,17-,18+,19+,20+,21+,22-/m1/s1. The predicted molar refractivity (Wildman–Crippen MR) is 101 cm³/mol. The number of nitrogens with zero attached hydrogens (tertiary/aromatic N) is 1. The third kappa shape index (κ3) is 2.51. The normalized spacial score (nSPS) is 51.9. The van der Waals surface area contributed by atoms with Gasteiger partial charge in [-0.25, -0.2) is 0 Å². The van der Waals surface area contributed by atoms with Gasteiger partial charge < -0.3 is 0 Å². The van der Waals surface area contributed by atoms with E-state index in [9.17, 15) is 10.1 Å². The summed E-state index contributed by atoms with van der Waals surface area (Å²) in [5.74, 6) is 3.83. The van der Waals surface area contributed by atoms with E-state index in [1.165, 1.54) is 51.4 Å². The molecule has 25 heavy (non-hydrogen) atoms. The Hall–Kier alpha value is -0.860. The Morgan fingerprint density at radius 1 is 1.08 bits per heavy atom. The maximum absolute atomic E-state index is 11.2. The Labute approximate surface area is 152 Å². The highest BCUT2D eigenvalue weighted by Crippen LogP contribution is 2.68. The Bertz CT molecular complexity index is 560. The zero-order chi connectivity index (χ0) is 17.8. The lowest BCUT2D eigenvalue weighted by Crippen LogP contribution is -2.52. The fraction of sp³-hybridized carbons (Fsp3) is 0.909. The summed E-state index contributed by atoms with van der Waals surface area (Å²) in [7, 11) is 0. The fourth-order valence-corrected chi connectivity index (χ4v) is 8.35.